The van der Waals surface area contributed by atoms with E-state index in [2.05, 4.69) is 22.3 Å². The maximum absolute atomic E-state index is 12.9. The number of aliphatic carboxylic acids is 1. The van der Waals surface area contributed by atoms with Crippen LogP contribution in [-0.2, 0) is 4.79 Å². The van der Waals surface area contributed by atoms with Crippen molar-refractivity contribution in [3.05, 3.63) is 59.4 Å². The third-order valence-corrected chi connectivity index (χ3v) is 4.60. The fourth-order valence-electron chi connectivity index (χ4n) is 2.97. The Labute approximate surface area is 157 Å². The maximum atomic E-state index is 12.9. The number of carbonyl (C=O) groups is 2. The SMILES string of the molecule is CCC(C)n1ncc2c(C(=O)N[C@@H](C(=O)O)c3ccccc3)cc(C)nc21. The first kappa shape index (κ1) is 18.6. The van der Waals surface area contributed by atoms with Gasteiger partial charge in [0.15, 0.2) is 11.7 Å². The quantitative estimate of drug-likeness (QED) is 0.698. The first-order valence-electron chi connectivity index (χ1n) is 8.85. The minimum atomic E-state index is -1.13. The van der Waals surface area contributed by atoms with Crippen LogP contribution in [0.4, 0.5) is 0 Å². The molecular weight excluding hydrogens is 344 g/mol. The predicted molar refractivity (Wildman–Crippen MR) is 102 cm³/mol. The summed E-state index contributed by atoms with van der Waals surface area (Å²) in [5.74, 6) is -1.59. The van der Waals surface area contributed by atoms with Crippen molar-refractivity contribution in [2.45, 2.75) is 39.3 Å². The highest BCUT2D eigenvalue weighted by Crippen LogP contribution is 2.23. The van der Waals surface area contributed by atoms with Crippen LogP contribution in [0, 0.1) is 6.92 Å². The molecule has 3 rings (SSSR count). The Morgan fingerprint density at radius 2 is 1.96 bits per heavy atom. The van der Waals surface area contributed by atoms with Crippen molar-refractivity contribution >= 4 is 22.9 Å². The molecule has 2 aromatic heterocycles. The van der Waals surface area contributed by atoms with Gasteiger partial charge >= 0.3 is 5.97 Å². The molecule has 1 amide bonds. The molecule has 0 radical (unpaired) electrons. The van der Waals surface area contributed by atoms with Crippen LogP contribution in [0.2, 0.25) is 0 Å². The van der Waals surface area contributed by atoms with Gasteiger partial charge in [0.1, 0.15) is 0 Å². The summed E-state index contributed by atoms with van der Waals surface area (Å²) in [7, 11) is 0. The second-order valence-electron chi connectivity index (χ2n) is 6.55. The summed E-state index contributed by atoms with van der Waals surface area (Å²) >= 11 is 0. The Hall–Kier alpha value is -3.22. The van der Waals surface area contributed by atoms with Gasteiger partial charge in [0.2, 0.25) is 0 Å². The van der Waals surface area contributed by atoms with E-state index < -0.39 is 17.9 Å². The van der Waals surface area contributed by atoms with E-state index in [1.807, 2.05) is 6.92 Å². The summed E-state index contributed by atoms with van der Waals surface area (Å²) in [6.45, 7) is 5.89. The van der Waals surface area contributed by atoms with E-state index in [4.69, 9.17) is 0 Å². The van der Waals surface area contributed by atoms with Gasteiger partial charge in [-0.15, -0.1) is 0 Å². The van der Waals surface area contributed by atoms with Crippen LogP contribution in [-0.4, -0.2) is 31.7 Å². The van der Waals surface area contributed by atoms with Crippen LogP contribution in [0.15, 0.2) is 42.6 Å². The summed E-state index contributed by atoms with van der Waals surface area (Å²) in [4.78, 5) is 29.1. The average Bonchev–Trinajstić information content (AvgIpc) is 3.08. The molecule has 0 saturated heterocycles. The number of carboxylic acids is 1. The minimum absolute atomic E-state index is 0.142. The van der Waals surface area contributed by atoms with Crippen molar-refractivity contribution in [3.63, 3.8) is 0 Å². The van der Waals surface area contributed by atoms with E-state index in [0.29, 0.717) is 27.9 Å². The van der Waals surface area contributed by atoms with Gasteiger partial charge in [-0.25, -0.2) is 14.5 Å². The Balaban J connectivity index is 2.00. The second-order valence-corrected chi connectivity index (χ2v) is 6.55. The first-order chi connectivity index (χ1) is 12.9. The first-order valence-corrected chi connectivity index (χ1v) is 8.85. The zero-order valence-corrected chi connectivity index (χ0v) is 15.5. The fourth-order valence-corrected chi connectivity index (χ4v) is 2.97. The number of benzene rings is 1. The van der Waals surface area contributed by atoms with Crippen LogP contribution in [0.5, 0.6) is 0 Å². The highest BCUT2D eigenvalue weighted by atomic mass is 16.4. The molecule has 2 N–H and O–H groups in total. The average molecular weight is 366 g/mol. The molecule has 0 bridgehead atoms. The van der Waals surface area contributed by atoms with Gasteiger partial charge in [-0.05, 0) is 31.9 Å². The largest absolute Gasteiger partial charge is 0.479 e. The summed E-state index contributed by atoms with van der Waals surface area (Å²) in [5, 5.41) is 17.2. The van der Waals surface area contributed by atoms with Crippen molar-refractivity contribution in [1.29, 1.82) is 0 Å². The molecule has 1 aromatic carbocycles. The maximum Gasteiger partial charge on any atom is 0.330 e. The number of hydrogen-bond donors (Lipinski definition) is 2. The third-order valence-electron chi connectivity index (χ3n) is 4.60. The van der Waals surface area contributed by atoms with Crippen molar-refractivity contribution in [3.8, 4) is 0 Å². The van der Waals surface area contributed by atoms with Gasteiger partial charge in [-0.1, -0.05) is 37.3 Å². The molecular formula is C20H22N4O3. The van der Waals surface area contributed by atoms with Crippen LogP contribution < -0.4 is 5.32 Å². The molecule has 7 heteroatoms. The number of carbonyl (C=O) groups excluding carboxylic acids is 1. The monoisotopic (exact) mass is 366 g/mol. The molecule has 0 aliphatic rings. The molecule has 0 saturated carbocycles. The standard InChI is InChI=1S/C20H22N4O3/c1-4-13(3)24-18-16(11-21-24)15(10-12(2)22-18)19(25)23-17(20(26)27)14-8-6-5-7-9-14/h5-11,13,17H,4H2,1-3H3,(H,23,25)(H,26,27)/t13?,17-/m1/s1. The van der Waals surface area contributed by atoms with Crippen LogP contribution in [0.25, 0.3) is 11.0 Å². The summed E-state index contributed by atoms with van der Waals surface area (Å²) in [6, 6.07) is 9.29. The van der Waals surface area contributed by atoms with Crippen molar-refractivity contribution in [2.75, 3.05) is 0 Å². The Kier molecular flexibility index (Phi) is 5.21. The summed E-state index contributed by atoms with van der Waals surface area (Å²) < 4.78 is 1.80. The number of nitrogens with zero attached hydrogens (tertiary/aromatic N) is 3. The molecule has 0 fully saturated rings. The summed E-state index contributed by atoms with van der Waals surface area (Å²) in [5.41, 5.74) is 2.18. The van der Waals surface area contributed by atoms with E-state index in [1.54, 1.807) is 54.2 Å². The molecule has 0 aliphatic carbocycles. The lowest BCUT2D eigenvalue weighted by Gasteiger charge is -2.16. The Morgan fingerprint density at radius 1 is 1.26 bits per heavy atom. The number of rotatable bonds is 6. The molecule has 27 heavy (non-hydrogen) atoms. The van der Waals surface area contributed by atoms with Crippen molar-refractivity contribution in [1.82, 2.24) is 20.1 Å². The lowest BCUT2D eigenvalue weighted by Crippen LogP contribution is -2.33. The Morgan fingerprint density at radius 3 is 2.59 bits per heavy atom. The fraction of sp³-hybridized carbons (Fsp3) is 0.300. The molecule has 2 heterocycles. The highest BCUT2D eigenvalue weighted by Gasteiger charge is 2.24. The van der Waals surface area contributed by atoms with E-state index in [9.17, 15) is 14.7 Å². The number of pyridine rings is 1. The van der Waals surface area contributed by atoms with Gasteiger partial charge in [0.25, 0.3) is 5.91 Å². The lowest BCUT2D eigenvalue weighted by atomic mass is 10.1. The number of carboxylic acid groups (broad SMARTS) is 1. The number of hydrogen-bond acceptors (Lipinski definition) is 4. The lowest BCUT2D eigenvalue weighted by molar-refractivity contribution is -0.139. The molecule has 140 valence electrons. The molecule has 3 aromatic rings. The van der Waals surface area contributed by atoms with E-state index in [0.717, 1.165) is 6.42 Å². The van der Waals surface area contributed by atoms with Gasteiger partial charge in [-0.3, -0.25) is 4.79 Å². The second kappa shape index (κ2) is 7.57. The number of nitrogens with one attached hydrogen (secondary N) is 1. The predicted octanol–water partition coefficient (Wildman–Crippen LogP) is 3.27. The van der Waals surface area contributed by atoms with Crippen molar-refractivity contribution in [2.24, 2.45) is 0 Å². The van der Waals surface area contributed by atoms with Crippen molar-refractivity contribution < 1.29 is 14.7 Å². The molecule has 0 spiro atoms. The minimum Gasteiger partial charge on any atom is -0.479 e. The van der Waals surface area contributed by atoms with E-state index in [-0.39, 0.29) is 6.04 Å². The van der Waals surface area contributed by atoms with E-state index in [1.165, 1.54) is 0 Å². The molecule has 2 atom stereocenters. The van der Waals surface area contributed by atoms with Crippen LogP contribution in [0.3, 0.4) is 0 Å². The number of amides is 1. The summed E-state index contributed by atoms with van der Waals surface area (Å²) in [6.07, 6.45) is 2.49. The Bertz CT molecular complexity index is 982. The zero-order chi connectivity index (χ0) is 19.6. The molecule has 1 unspecified atom stereocenters. The number of aryl methyl sites for hydroxylation is 1. The smallest absolute Gasteiger partial charge is 0.330 e. The van der Waals surface area contributed by atoms with Crippen LogP contribution >= 0.6 is 0 Å². The topological polar surface area (TPSA) is 97.1 Å². The van der Waals surface area contributed by atoms with Gasteiger partial charge in [0.05, 0.1) is 23.2 Å². The zero-order valence-electron chi connectivity index (χ0n) is 15.5. The molecule has 0 aliphatic heterocycles. The van der Waals surface area contributed by atoms with E-state index >= 15 is 0 Å². The normalized spacial score (nSPS) is 13.3. The van der Waals surface area contributed by atoms with Crippen LogP contribution in [0.1, 0.15) is 54.0 Å². The number of fused-ring (bicyclic) bond motifs is 1. The number of aromatic nitrogens is 3. The third kappa shape index (κ3) is 3.67. The van der Waals surface area contributed by atoms with Gasteiger partial charge < -0.3 is 10.4 Å². The van der Waals surface area contributed by atoms with Gasteiger partial charge in [-0.2, -0.15) is 5.10 Å². The highest BCUT2D eigenvalue weighted by molar-refractivity contribution is 6.06. The molecule has 7 nitrogen and oxygen atoms in total. The van der Waals surface area contributed by atoms with Gasteiger partial charge in [0, 0.05) is 5.69 Å².